The van der Waals surface area contributed by atoms with Crippen LogP contribution in [0.15, 0.2) is 109 Å². The molecule has 4 aromatic carbocycles. The highest BCUT2D eigenvalue weighted by atomic mass is 19.4. The predicted molar refractivity (Wildman–Crippen MR) is 205 cm³/mol. The lowest BCUT2D eigenvalue weighted by molar-refractivity contribution is -0.143. The molecule has 0 fully saturated rings. The molecule has 4 amide bonds. The van der Waals surface area contributed by atoms with E-state index < -0.39 is 71.2 Å². The monoisotopic (exact) mass is 784 g/mol. The fourth-order valence-electron chi connectivity index (χ4n) is 6.48. The number of ketones is 1. The third-order valence-corrected chi connectivity index (χ3v) is 9.64. The summed E-state index contributed by atoms with van der Waals surface area (Å²) >= 11 is 0. The lowest BCUT2D eigenvalue weighted by Crippen LogP contribution is -2.57. The molecule has 298 valence electrons. The molecule has 2 aliphatic heterocycles. The predicted octanol–water partition coefficient (Wildman–Crippen LogP) is 5.21. The molecule has 0 saturated heterocycles. The van der Waals surface area contributed by atoms with Gasteiger partial charge in [-0.25, -0.2) is 0 Å². The van der Waals surface area contributed by atoms with Crippen LogP contribution in [0.25, 0.3) is 0 Å². The maximum atomic E-state index is 14.2. The number of amides is 4. The number of halogens is 3. The average molecular weight is 785 g/mol. The van der Waals surface area contributed by atoms with Crippen LogP contribution in [0.5, 0.6) is 0 Å². The zero-order valence-electron chi connectivity index (χ0n) is 30.9. The average Bonchev–Trinajstić information content (AvgIpc) is 3.18. The number of rotatable bonds is 8. The van der Waals surface area contributed by atoms with Crippen LogP contribution in [-0.2, 0) is 60.6 Å². The number of alkyl halides is 3. The summed E-state index contributed by atoms with van der Waals surface area (Å²) < 4.78 is 40.1. The zero-order valence-corrected chi connectivity index (χ0v) is 30.9. The van der Waals surface area contributed by atoms with Crippen molar-refractivity contribution < 1.29 is 47.0 Å². The molecule has 5 N–H and O–H groups in total. The van der Waals surface area contributed by atoms with Crippen LogP contribution in [0.4, 0.5) is 18.9 Å². The van der Waals surface area contributed by atoms with Gasteiger partial charge >= 0.3 is 12.1 Å². The summed E-state index contributed by atoms with van der Waals surface area (Å²) in [5, 5.41) is 20.7. The van der Waals surface area contributed by atoms with Gasteiger partial charge in [-0.2, -0.15) is 13.2 Å². The fourth-order valence-corrected chi connectivity index (χ4v) is 6.48. The lowest BCUT2D eigenvalue weighted by atomic mass is 9.93. The first-order valence-electron chi connectivity index (χ1n) is 18.5. The van der Waals surface area contributed by atoms with Gasteiger partial charge in [-0.1, -0.05) is 84.9 Å². The van der Waals surface area contributed by atoms with Crippen LogP contribution >= 0.6 is 0 Å². The smallest absolute Gasteiger partial charge is 0.416 e. The Hall–Kier alpha value is -6.31. The summed E-state index contributed by atoms with van der Waals surface area (Å²) in [6.45, 7) is 0. The fraction of sp³-hybridized carbons (Fsp3) is 0.302. The van der Waals surface area contributed by atoms with Crippen LogP contribution in [0.2, 0.25) is 0 Å². The number of carbonyl (C=O) groups excluding carboxylic acids is 5. The van der Waals surface area contributed by atoms with Gasteiger partial charge in [-0.15, -0.1) is 0 Å². The number of aliphatic carboxylic acids is 1. The number of Topliss-reactive ketones (excluding diaryl/α,β-unsaturated/α-hetero) is 1. The van der Waals surface area contributed by atoms with Gasteiger partial charge in [-0.3, -0.25) is 28.8 Å². The third kappa shape index (κ3) is 12.9. The Balaban J connectivity index is 1.49. The highest BCUT2D eigenvalue weighted by molar-refractivity contribution is 5.99. The zero-order chi connectivity index (χ0) is 41.0. The van der Waals surface area contributed by atoms with Gasteiger partial charge in [0, 0.05) is 37.8 Å². The van der Waals surface area contributed by atoms with Gasteiger partial charge in [-0.05, 0) is 65.8 Å². The highest BCUT2D eigenvalue weighted by Gasteiger charge is 2.33. The second-order valence-electron chi connectivity index (χ2n) is 14.0. The Kier molecular flexibility index (Phi) is 14.3. The van der Waals surface area contributed by atoms with E-state index in [1.807, 2.05) is 18.2 Å². The molecular formula is C43H43F3N4O7. The molecule has 0 aliphatic carbocycles. The topological polar surface area (TPSA) is 171 Å². The molecule has 0 aromatic heterocycles. The molecule has 57 heavy (non-hydrogen) atoms. The summed E-state index contributed by atoms with van der Waals surface area (Å²) in [6, 6.07) is 24.6. The number of benzene rings is 4. The van der Waals surface area contributed by atoms with Crippen molar-refractivity contribution in [3.8, 4) is 0 Å². The Labute approximate surface area is 327 Å². The molecule has 0 unspecified atom stereocenters. The van der Waals surface area contributed by atoms with E-state index in [4.69, 9.17) is 0 Å². The molecule has 14 heteroatoms. The highest BCUT2D eigenvalue weighted by Crippen LogP contribution is 2.29. The van der Waals surface area contributed by atoms with Crippen molar-refractivity contribution in [1.82, 2.24) is 16.0 Å². The van der Waals surface area contributed by atoms with E-state index in [1.165, 1.54) is 12.1 Å². The maximum Gasteiger partial charge on any atom is 0.416 e. The molecule has 4 atom stereocenters. The van der Waals surface area contributed by atoms with E-state index in [-0.39, 0.29) is 50.5 Å². The standard InChI is InChI=1S/C43H43F3N4O7/c44-43(45,46)32-16-11-30(12-17-32)25-37-41(55)50-36(24-28-9-5-2-6-10-28)40(54)47-33-18-13-29(14-19-33)23-31(42(56)57)26-34(51)20-22-38(52)48-35(39(53)49-37)21-15-27-7-3-1-4-8-27/h1-14,16-19,31,35-37H,15,20-26H2,(H,47,54)(H,48,52)(H,49,53)(H,50,55)(H,56,57)/t31-,35-,36-,37+/m1/s1. The van der Waals surface area contributed by atoms with E-state index in [9.17, 15) is 47.0 Å². The molecule has 4 aromatic rings. The Morgan fingerprint density at radius 1 is 0.614 bits per heavy atom. The van der Waals surface area contributed by atoms with Crippen LogP contribution in [0.1, 0.15) is 53.5 Å². The van der Waals surface area contributed by atoms with Crippen LogP contribution < -0.4 is 21.3 Å². The Morgan fingerprint density at radius 3 is 1.74 bits per heavy atom. The van der Waals surface area contributed by atoms with E-state index in [0.29, 0.717) is 23.2 Å². The molecule has 11 nitrogen and oxygen atoms in total. The van der Waals surface area contributed by atoms with Crippen molar-refractivity contribution in [2.45, 2.75) is 75.7 Å². The van der Waals surface area contributed by atoms with E-state index >= 15 is 0 Å². The van der Waals surface area contributed by atoms with Crippen LogP contribution in [0.3, 0.4) is 0 Å². The summed E-state index contributed by atoms with van der Waals surface area (Å²) in [7, 11) is 0. The molecule has 0 saturated carbocycles. The van der Waals surface area contributed by atoms with Gasteiger partial charge in [0.25, 0.3) is 0 Å². The minimum Gasteiger partial charge on any atom is -0.481 e. The molecule has 2 aliphatic rings. The van der Waals surface area contributed by atoms with Gasteiger partial charge in [0.1, 0.15) is 23.9 Å². The summed E-state index contributed by atoms with van der Waals surface area (Å²) in [6.07, 6.45) is -5.39. The van der Waals surface area contributed by atoms with Gasteiger partial charge < -0.3 is 26.4 Å². The number of fused-ring (bicyclic) bond motifs is 18. The summed E-state index contributed by atoms with van der Waals surface area (Å²) in [5.41, 5.74) is 1.84. The quantitative estimate of drug-likeness (QED) is 0.153. The van der Waals surface area contributed by atoms with Crippen molar-refractivity contribution in [3.63, 3.8) is 0 Å². The number of aryl methyl sites for hydroxylation is 1. The second-order valence-corrected chi connectivity index (χ2v) is 14.0. The number of carboxylic acid groups (broad SMARTS) is 1. The van der Waals surface area contributed by atoms with Gasteiger partial charge in [0.2, 0.25) is 23.6 Å². The van der Waals surface area contributed by atoms with E-state index in [1.54, 1.807) is 66.7 Å². The summed E-state index contributed by atoms with van der Waals surface area (Å²) in [5.74, 6) is -5.59. The first-order chi connectivity index (χ1) is 27.2. The SMILES string of the molecule is O=C1CCC(=O)N[C@H](CCc2ccccc2)C(=O)N[C@@H](Cc2ccc(C(F)(F)F)cc2)C(=O)N[C@H](Cc2ccccc2)C(=O)Nc2ccc(cc2)C[C@@H](C(=O)O)C1. The lowest BCUT2D eigenvalue weighted by Gasteiger charge is -2.26. The minimum atomic E-state index is -4.60. The second kappa shape index (κ2) is 19.5. The summed E-state index contributed by atoms with van der Waals surface area (Å²) in [4.78, 5) is 80.3. The van der Waals surface area contributed by atoms with Crippen molar-refractivity contribution >= 4 is 41.1 Å². The first-order valence-corrected chi connectivity index (χ1v) is 18.5. The van der Waals surface area contributed by atoms with Crippen LogP contribution in [0, 0.1) is 5.92 Å². The molecule has 0 radical (unpaired) electrons. The van der Waals surface area contributed by atoms with Gasteiger partial charge in [0.05, 0.1) is 11.5 Å². The van der Waals surface area contributed by atoms with E-state index in [2.05, 4.69) is 21.3 Å². The van der Waals surface area contributed by atoms with Crippen molar-refractivity contribution in [2.75, 3.05) is 5.32 Å². The molecule has 0 spiro atoms. The Morgan fingerprint density at radius 2 is 1.16 bits per heavy atom. The third-order valence-electron chi connectivity index (χ3n) is 9.64. The maximum absolute atomic E-state index is 14.2. The number of carbonyl (C=O) groups is 6. The van der Waals surface area contributed by atoms with Crippen LogP contribution in [-0.4, -0.2) is 58.6 Å². The normalized spacial score (nSPS) is 20.4. The largest absolute Gasteiger partial charge is 0.481 e. The number of hydrogen-bond acceptors (Lipinski definition) is 6. The number of hydrogen-bond donors (Lipinski definition) is 5. The van der Waals surface area contributed by atoms with E-state index in [0.717, 1.165) is 17.7 Å². The number of anilines is 1. The molecular weight excluding hydrogens is 741 g/mol. The Bertz CT molecular complexity index is 2030. The molecule has 6 rings (SSSR count). The number of nitrogens with one attached hydrogen (secondary N) is 4. The molecule has 2 bridgehead atoms. The van der Waals surface area contributed by atoms with Crippen molar-refractivity contribution in [3.05, 3.63) is 137 Å². The van der Waals surface area contributed by atoms with Gasteiger partial charge in [0.15, 0.2) is 0 Å². The molecule has 2 heterocycles. The minimum absolute atomic E-state index is 0.0102. The number of carboxylic acids is 1. The first kappa shape index (κ1) is 41.8. The van der Waals surface area contributed by atoms with Crippen molar-refractivity contribution in [2.24, 2.45) is 5.92 Å². The van der Waals surface area contributed by atoms with Crippen molar-refractivity contribution in [1.29, 1.82) is 0 Å².